The summed E-state index contributed by atoms with van der Waals surface area (Å²) in [5.74, 6) is 0.491. The molecule has 3 amide bonds. The number of rotatable bonds is 11. The second-order valence-corrected chi connectivity index (χ2v) is 13.2. The van der Waals surface area contributed by atoms with Gasteiger partial charge < -0.3 is 20.9 Å². The van der Waals surface area contributed by atoms with Crippen LogP contribution < -0.4 is 16.0 Å². The van der Waals surface area contributed by atoms with Gasteiger partial charge in [-0.05, 0) is 111 Å². The Labute approximate surface area is 281 Å². The largest absolute Gasteiger partial charge is 0.352 e. The number of carbonyl (C=O) groups is 3. The number of nitrogens with zero attached hydrogens (tertiary/aromatic N) is 5. The average Bonchev–Trinajstić information content (AvgIpc) is 3.91. The van der Waals surface area contributed by atoms with Crippen LogP contribution >= 0.6 is 0 Å². The smallest absolute Gasteiger partial charge is 0.251 e. The summed E-state index contributed by atoms with van der Waals surface area (Å²) in [4.78, 5) is 41.2. The van der Waals surface area contributed by atoms with Gasteiger partial charge in [-0.3, -0.25) is 14.4 Å². The number of hydrogen-bond acceptors (Lipinski definition) is 8. The third kappa shape index (κ3) is 6.43. The van der Waals surface area contributed by atoms with Gasteiger partial charge in [-0.25, -0.2) is 0 Å². The monoisotopic (exact) mass is 651 g/mol. The summed E-state index contributed by atoms with van der Waals surface area (Å²) >= 11 is 0. The van der Waals surface area contributed by atoms with E-state index in [1.54, 1.807) is 4.90 Å². The first-order valence-corrected chi connectivity index (χ1v) is 17.4. The molecule has 12 nitrogen and oxygen atoms in total. The molecule has 4 N–H and O–H groups in total. The highest BCUT2D eigenvalue weighted by Gasteiger charge is 2.47. The van der Waals surface area contributed by atoms with Gasteiger partial charge >= 0.3 is 0 Å². The van der Waals surface area contributed by atoms with Crippen LogP contribution in [0.4, 0.5) is 0 Å². The van der Waals surface area contributed by atoms with E-state index >= 15 is 0 Å². The molecular weight excluding hydrogens is 606 g/mol. The minimum Gasteiger partial charge on any atom is -0.352 e. The molecule has 12 heteroatoms. The van der Waals surface area contributed by atoms with Crippen molar-refractivity contribution in [1.82, 2.24) is 41.5 Å². The van der Waals surface area contributed by atoms with Gasteiger partial charge in [0.25, 0.3) is 11.8 Å². The lowest BCUT2D eigenvalue weighted by Crippen LogP contribution is -2.48. The van der Waals surface area contributed by atoms with Crippen molar-refractivity contribution in [2.45, 2.75) is 89.1 Å². The molecule has 2 fully saturated rings. The topological polar surface area (TPSA) is 169 Å². The first-order valence-electron chi connectivity index (χ1n) is 17.4. The van der Waals surface area contributed by atoms with E-state index in [0.717, 1.165) is 54.4 Å². The van der Waals surface area contributed by atoms with E-state index in [-0.39, 0.29) is 36.3 Å². The Morgan fingerprint density at radius 2 is 1.58 bits per heavy atom. The molecule has 3 aliphatic rings. The number of carbonyl (C=O) groups excluding carboxylic acids is 3. The Morgan fingerprint density at radius 3 is 2.12 bits per heavy atom. The lowest BCUT2D eigenvalue weighted by Gasteiger charge is -2.39. The van der Waals surface area contributed by atoms with Crippen molar-refractivity contribution >= 4 is 17.7 Å². The molecule has 0 bridgehead atoms. The van der Waals surface area contributed by atoms with Gasteiger partial charge in [0.2, 0.25) is 5.91 Å². The van der Waals surface area contributed by atoms with Crippen LogP contribution in [-0.2, 0) is 23.1 Å². The van der Waals surface area contributed by atoms with Crippen LogP contribution in [0.3, 0.4) is 0 Å². The summed E-state index contributed by atoms with van der Waals surface area (Å²) in [6.45, 7) is 5.58. The highest BCUT2D eigenvalue weighted by Crippen LogP contribution is 2.48. The number of nitriles is 1. The molecule has 6 rings (SSSR count). The van der Waals surface area contributed by atoms with Crippen LogP contribution in [0.1, 0.15) is 108 Å². The number of nitrogens with one attached hydrogen (secondary N) is 4. The average molecular weight is 652 g/mol. The number of amides is 3. The van der Waals surface area contributed by atoms with Crippen LogP contribution in [-0.4, -0.2) is 81.5 Å². The van der Waals surface area contributed by atoms with Gasteiger partial charge in [0, 0.05) is 36.8 Å². The third-order valence-electron chi connectivity index (χ3n) is 10.5. The molecule has 48 heavy (non-hydrogen) atoms. The number of aryl methyl sites for hydroxylation is 2. The van der Waals surface area contributed by atoms with Crippen molar-refractivity contribution in [3.63, 3.8) is 0 Å². The van der Waals surface area contributed by atoms with Crippen LogP contribution in [0.15, 0.2) is 36.4 Å². The molecule has 3 aromatic rings. The molecule has 1 aliphatic heterocycles. The van der Waals surface area contributed by atoms with Crippen molar-refractivity contribution in [3.8, 4) is 6.07 Å². The number of aromatic amines is 1. The summed E-state index contributed by atoms with van der Waals surface area (Å²) in [5, 5.41) is 35.2. The Morgan fingerprint density at radius 1 is 0.958 bits per heavy atom. The number of fused-ring (bicyclic) bond motifs is 2. The summed E-state index contributed by atoms with van der Waals surface area (Å²) in [7, 11) is 0. The minimum atomic E-state index is -0.903. The van der Waals surface area contributed by atoms with Crippen LogP contribution in [0, 0.1) is 17.2 Å². The summed E-state index contributed by atoms with van der Waals surface area (Å²) < 4.78 is 0. The van der Waals surface area contributed by atoms with Gasteiger partial charge in [0.15, 0.2) is 5.82 Å². The lowest BCUT2D eigenvalue weighted by atomic mass is 9.66. The number of likely N-dealkylation sites (tertiary alicyclic amines) is 1. The number of benzene rings is 2. The maximum absolute atomic E-state index is 13.5. The van der Waals surface area contributed by atoms with Gasteiger partial charge in [0.05, 0.1) is 18.0 Å². The van der Waals surface area contributed by atoms with Crippen molar-refractivity contribution in [3.05, 3.63) is 75.6 Å². The van der Waals surface area contributed by atoms with Crippen LogP contribution in [0.25, 0.3) is 0 Å². The van der Waals surface area contributed by atoms with Crippen molar-refractivity contribution in [2.75, 3.05) is 26.2 Å². The van der Waals surface area contributed by atoms with E-state index in [2.05, 4.69) is 42.6 Å². The maximum atomic E-state index is 13.5. The SMILES string of the molecule is CCNC(=O)c1ccc2c(c1)CCc1cc(C(=O)NCC)ccc1C2(C[C@H](NCC(=O)N1CCCC1C#N)C1CCCC1)c1nn[nH]n1. The molecule has 2 aromatic carbocycles. The van der Waals surface area contributed by atoms with E-state index in [1.165, 1.54) is 0 Å². The van der Waals surface area contributed by atoms with Gasteiger partial charge in [-0.2, -0.15) is 10.5 Å². The highest BCUT2D eigenvalue weighted by molar-refractivity contribution is 5.95. The highest BCUT2D eigenvalue weighted by atomic mass is 16.2. The summed E-state index contributed by atoms with van der Waals surface area (Å²) in [5.41, 5.74) is 4.26. The summed E-state index contributed by atoms with van der Waals surface area (Å²) in [6, 6.07) is 13.6. The number of hydrogen-bond donors (Lipinski definition) is 4. The number of tetrazole rings is 1. The van der Waals surface area contributed by atoms with Gasteiger partial charge in [-0.15, -0.1) is 10.2 Å². The zero-order valence-corrected chi connectivity index (χ0v) is 27.8. The van der Waals surface area contributed by atoms with E-state index in [1.807, 2.05) is 50.2 Å². The second-order valence-electron chi connectivity index (χ2n) is 13.2. The van der Waals surface area contributed by atoms with Gasteiger partial charge in [-0.1, -0.05) is 30.2 Å². The second kappa shape index (κ2) is 14.6. The zero-order valence-electron chi connectivity index (χ0n) is 27.8. The molecule has 0 spiro atoms. The van der Waals surface area contributed by atoms with E-state index in [9.17, 15) is 19.6 Å². The molecule has 0 radical (unpaired) electrons. The first kappa shape index (κ1) is 33.3. The molecule has 2 atom stereocenters. The fraction of sp³-hybridized carbons (Fsp3) is 0.528. The Balaban J connectivity index is 1.48. The molecule has 2 heterocycles. The van der Waals surface area contributed by atoms with Crippen LogP contribution in [0.5, 0.6) is 0 Å². The normalized spacial score (nSPS) is 19.1. The minimum absolute atomic E-state index is 0.0597. The van der Waals surface area contributed by atoms with Crippen molar-refractivity contribution < 1.29 is 14.4 Å². The Hall–Kier alpha value is -4.63. The molecule has 1 saturated carbocycles. The predicted molar refractivity (Wildman–Crippen MR) is 179 cm³/mol. The van der Waals surface area contributed by atoms with Crippen LogP contribution in [0.2, 0.25) is 0 Å². The molecule has 1 aromatic heterocycles. The van der Waals surface area contributed by atoms with E-state index < -0.39 is 5.41 Å². The lowest BCUT2D eigenvalue weighted by molar-refractivity contribution is -0.130. The Bertz CT molecular complexity index is 1610. The zero-order chi connectivity index (χ0) is 33.7. The van der Waals surface area contributed by atoms with Gasteiger partial charge in [0.1, 0.15) is 6.04 Å². The fourth-order valence-electron chi connectivity index (χ4n) is 8.17. The third-order valence-corrected chi connectivity index (χ3v) is 10.5. The quantitative estimate of drug-likeness (QED) is 0.245. The molecule has 2 aliphatic carbocycles. The van der Waals surface area contributed by atoms with Crippen molar-refractivity contribution in [1.29, 1.82) is 5.26 Å². The van der Waals surface area contributed by atoms with E-state index in [0.29, 0.717) is 68.2 Å². The number of aromatic nitrogens is 4. The number of H-pyrrole nitrogens is 1. The molecule has 1 saturated heterocycles. The molecule has 252 valence electrons. The molecular formula is C36H45N9O3. The summed E-state index contributed by atoms with van der Waals surface area (Å²) in [6.07, 6.45) is 7.68. The predicted octanol–water partition coefficient (Wildman–Crippen LogP) is 3.19. The fourth-order valence-corrected chi connectivity index (χ4v) is 8.17. The first-order chi connectivity index (χ1) is 23.4. The van der Waals surface area contributed by atoms with Crippen molar-refractivity contribution in [2.24, 2.45) is 5.92 Å². The maximum Gasteiger partial charge on any atom is 0.251 e. The van der Waals surface area contributed by atoms with E-state index in [4.69, 9.17) is 0 Å². The Kier molecular flexibility index (Phi) is 10.2. The standard InChI is InChI=1S/C36H45N9O3/c1-3-38-33(47)26-13-15-29-24(18-26)11-12-25-19-27(34(48)39-4-2)14-16-30(25)36(29,35-41-43-44-42-35)20-31(23-8-5-6-9-23)40-22-32(46)45-17-7-10-28(45)21-37/h13-16,18-19,23,28,31,40H,3-12,17,20,22H2,1-2H3,(H,38,47)(H,39,48)(H,41,42,43,44)/t28?,31-/m0/s1. The molecule has 1 unspecified atom stereocenters.